The summed E-state index contributed by atoms with van der Waals surface area (Å²) in [6, 6.07) is 3.65. The standard InChI is InChI=1S/C17H24N4O/c1-3-20(2)17(9-5-4-6-10-17)12-21-13-19-14-8-7-11-18-15(14)16(21)22/h7-8,11,13H,3-6,9-10,12H2,1-2H3. The lowest BCUT2D eigenvalue weighted by atomic mass is 9.80. The Morgan fingerprint density at radius 2 is 2.05 bits per heavy atom. The van der Waals surface area contributed by atoms with Gasteiger partial charge in [-0.15, -0.1) is 0 Å². The fraction of sp³-hybridized carbons (Fsp3) is 0.588. The van der Waals surface area contributed by atoms with Gasteiger partial charge in [-0.25, -0.2) is 9.97 Å². The molecule has 2 aromatic rings. The average molecular weight is 300 g/mol. The van der Waals surface area contributed by atoms with Gasteiger partial charge in [0, 0.05) is 18.3 Å². The monoisotopic (exact) mass is 300 g/mol. The molecule has 118 valence electrons. The Morgan fingerprint density at radius 1 is 1.27 bits per heavy atom. The van der Waals surface area contributed by atoms with Gasteiger partial charge in [0.25, 0.3) is 5.56 Å². The number of fused-ring (bicyclic) bond motifs is 1. The van der Waals surface area contributed by atoms with Crippen LogP contribution in [0.1, 0.15) is 39.0 Å². The number of rotatable bonds is 4. The topological polar surface area (TPSA) is 51.0 Å². The Hall–Kier alpha value is -1.75. The summed E-state index contributed by atoms with van der Waals surface area (Å²) in [7, 11) is 2.17. The summed E-state index contributed by atoms with van der Waals surface area (Å²) >= 11 is 0. The van der Waals surface area contributed by atoms with Gasteiger partial charge >= 0.3 is 0 Å². The van der Waals surface area contributed by atoms with Crippen LogP contribution in [0.3, 0.4) is 0 Å². The number of hydrogen-bond acceptors (Lipinski definition) is 4. The highest BCUT2D eigenvalue weighted by molar-refractivity contribution is 5.71. The third-order valence-electron chi connectivity index (χ3n) is 5.12. The van der Waals surface area contributed by atoms with E-state index in [1.165, 1.54) is 19.3 Å². The molecule has 1 saturated carbocycles. The summed E-state index contributed by atoms with van der Waals surface area (Å²) in [5.74, 6) is 0. The Morgan fingerprint density at radius 3 is 2.77 bits per heavy atom. The van der Waals surface area contributed by atoms with Gasteiger partial charge in [0.05, 0.1) is 11.8 Å². The lowest BCUT2D eigenvalue weighted by Gasteiger charge is -2.44. The normalized spacial score (nSPS) is 18.0. The summed E-state index contributed by atoms with van der Waals surface area (Å²) in [6.07, 6.45) is 9.40. The van der Waals surface area contributed by atoms with Crippen LogP contribution in [0.25, 0.3) is 11.0 Å². The molecule has 0 saturated heterocycles. The van der Waals surface area contributed by atoms with Crippen LogP contribution >= 0.6 is 0 Å². The lowest BCUT2D eigenvalue weighted by molar-refractivity contribution is 0.0610. The first kappa shape index (κ1) is 15.2. The van der Waals surface area contributed by atoms with Gasteiger partial charge in [0.2, 0.25) is 0 Å². The van der Waals surface area contributed by atoms with Crippen LogP contribution in [-0.4, -0.2) is 38.6 Å². The number of aromatic nitrogens is 3. The molecule has 5 nitrogen and oxygen atoms in total. The Labute approximate surface area is 131 Å². The highest BCUT2D eigenvalue weighted by atomic mass is 16.1. The SMILES string of the molecule is CCN(C)C1(Cn2cnc3cccnc3c2=O)CCCCC1. The van der Waals surface area contributed by atoms with E-state index in [1.54, 1.807) is 17.1 Å². The minimum absolute atomic E-state index is 0.0277. The second kappa shape index (κ2) is 6.16. The first-order valence-electron chi connectivity index (χ1n) is 8.18. The molecule has 2 heterocycles. The van der Waals surface area contributed by atoms with Crippen LogP contribution < -0.4 is 5.56 Å². The van der Waals surface area contributed by atoms with Crippen LogP contribution in [0.4, 0.5) is 0 Å². The van der Waals surface area contributed by atoms with E-state index in [9.17, 15) is 4.79 Å². The van der Waals surface area contributed by atoms with Crippen LogP contribution in [0.15, 0.2) is 29.5 Å². The maximum Gasteiger partial charge on any atom is 0.279 e. The van der Waals surface area contributed by atoms with Crippen molar-refractivity contribution < 1.29 is 0 Å². The molecule has 0 aromatic carbocycles. The zero-order chi connectivity index (χ0) is 15.6. The second-order valence-electron chi connectivity index (χ2n) is 6.35. The van der Waals surface area contributed by atoms with Crippen molar-refractivity contribution in [1.82, 2.24) is 19.4 Å². The van der Waals surface area contributed by atoms with Gasteiger partial charge in [-0.3, -0.25) is 14.3 Å². The van der Waals surface area contributed by atoms with Crippen molar-refractivity contribution in [2.45, 2.75) is 51.1 Å². The van der Waals surface area contributed by atoms with Gasteiger partial charge in [-0.2, -0.15) is 0 Å². The molecule has 1 aliphatic rings. The van der Waals surface area contributed by atoms with Crippen molar-refractivity contribution in [2.24, 2.45) is 0 Å². The molecule has 0 atom stereocenters. The van der Waals surface area contributed by atoms with Crippen molar-refractivity contribution in [1.29, 1.82) is 0 Å². The summed E-state index contributed by atoms with van der Waals surface area (Å²) in [6.45, 7) is 3.88. The van der Waals surface area contributed by atoms with E-state index in [1.807, 2.05) is 12.1 Å². The zero-order valence-electron chi connectivity index (χ0n) is 13.5. The summed E-state index contributed by atoms with van der Waals surface area (Å²) in [5, 5.41) is 0. The molecule has 0 aliphatic heterocycles. The van der Waals surface area contributed by atoms with Crippen molar-refractivity contribution >= 4 is 11.0 Å². The molecule has 22 heavy (non-hydrogen) atoms. The fourth-order valence-corrected chi connectivity index (χ4v) is 3.62. The first-order chi connectivity index (χ1) is 10.7. The average Bonchev–Trinajstić information content (AvgIpc) is 2.58. The molecule has 0 bridgehead atoms. The predicted octanol–water partition coefficient (Wildman–Crippen LogP) is 2.45. The molecule has 0 radical (unpaired) electrons. The van der Waals surface area contributed by atoms with E-state index < -0.39 is 0 Å². The molecule has 0 N–H and O–H groups in total. The third-order valence-corrected chi connectivity index (χ3v) is 5.12. The van der Waals surface area contributed by atoms with Crippen molar-refractivity contribution in [3.05, 3.63) is 35.0 Å². The Kier molecular flexibility index (Phi) is 4.25. The molecule has 2 aromatic heterocycles. The maximum absolute atomic E-state index is 12.7. The smallest absolute Gasteiger partial charge is 0.279 e. The molecular formula is C17H24N4O. The van der Waals surface area contributed by atoms with Gasteiger partial charge in [0.1, 0.15) is 0 Å². The quantitative estimate of drug-likeness (QED) is 0.870. The molecule has 1 fully saturated rings. The van der Waals surface area contributed by atoms with Gasteiger partial charge in [0.15, 0.2) is 5.52 Å². The van der Waals surface area contributed by atoms with E-state index in [2.05, 4.69) is 28.8 Å². The number of pyridine rings is 1. The van der Waals surface area contributed by atoms with Gasteiger partial charge in [-0.1, -0.05) is 26.2 Å². The molecular weight excluding hydrogens is 276 g/mol. The number of nitrogens with zero attached hydrogens (tertiary/aromatic N) is 4. The van der Waals surface area contributed by atoms with Crippen LogP contribution in [-0.2, 0) is 6.54 Å². The molecule has 1 aliphatic carbocycles. The van der Waals surface area contributed by atoms with Crippen LogP contribution in [0.2, 0.25) is 0 Å². The highest BCUT2D eigenvalue weighted by Crippen LogP contribution is 2.34. The van der Waals surface area contributed by atoms with Crippen molar-refractivity contribution in [3.8, 4) is 0 Å². The van der Waals surface area contributed by atoms with E-state index in [-0.39, 0.29) is 11.1 Å². The van der Waals surface area contributed by atoms with E-state index in [4.69, 9.17) is 0 Å². The molecule has 5 heteroatoms. The molecule has 0 unspecified atom stereocenters. The van der Waals surface area contributed by atoms with E-state index in [0.29, 0.717) is 17.6 Å². The lowest BCUT2D eigenvalue weighted by Crippen LogP contribution is -2.52. The fourth-order valence-electron chi connectivity index (χ4n) is 3.62. The zero-order valence-corrected chi connectivity index (χ0v) is 13.5. The highest BCUT2D eigenvalue weighted by Gasteiger charge is 2.36. The number of likely N-dealkylation sites (N-methyl/N-ethyl adjacent to an activating group) is 1. The molecule has 0 spiro atoms. The number of hydrogen-bond donors (Lipinski definition) is 0. The third kappa shape index (κ3) is 2.65. The first-order valence-corrected chi connectivity index (χ1v) is 8.18. The summed E-state index contributed by atoms with van der Waals surface area (Å²) in [4.78, 5) is 23.7. The van der Waals surface area contributed by atoms with Crippen LogP contribution in [0, 0.1) is 0 Å². The minimum atomic E-state index is -0.0277. The van der Waals surface area contributed by atoms with E-state index >= 15 is 0 Å². The van der Waals surface area contributed by atoms with Gasteiger partial charge < -0.3 is 0 Å². The summed E-state index contributed by atoms with van der Waals surface area (Å²) < 4.78 is 1.76. The van der Waals surface area contributed by atoms with Gasteiger partial charge in [-0.05, 0) is 38.6 Å². The minimum Gasteiger partial charge on any atom is -0.299 e. The van der Waals surface area contributed by atoms with Crippen molar-refractivity contribution in [2.75, 3.05) is 13.6 Å². The molecule has 3 rings (SSSR count). The summed E-state index contributed by atoms with van der Waals surface area (Å²) in [5.41, 5.74) is 1.18. The Balaban J connectivity index is 1.99. The molecule has 0 amide bonds. The second-order valence-corrected chi connectivity index (χ2v) is 6.35. The predicted molar refractivity (Wildman–Crippen MR) is 87.9 cm³/mol. The van der Waals surface area contributed by atoms with Crippen molar-refractivity contribution in [3.63, 3.8) is 0 Å². The Bertz CT molecular complexity index is 703. The maximum atomic E-state index is 12.7. The largest absolute Gasteiger partial charge is 0.299 e. The van der Waals surface area contributed by atoms with Crippen LogP contribution in [0.5, 0.6) is 0 Å². The van der Waals surface area contributed by atoms with E-state index in [0.717, 1.165) is 19.4 Å².